The van der Waals surface area contributed by atoms with Gasteiger partial charge in [-0.3, -0.25) is 4.98 Å². The van der Waals surface area contributed by atoms with Gasteiger partial charge in [-0.25, -0.2) is 0 Å². The minimum absolute atomic E-state index is 0.751. The van der Waals surface area contributed by atoms with E-state index in [0.717, 1.165) is 39.7 Å². The van der Waals surface area contributed by atoms with Crippen LogP contribution < -0.4 is 0 Å². The summed E-state index contributed by atoms with van der Waals surface area (Å²) in [7, 11) is 0. The van der Waals surface area contributed by atoms with Crippen molar-refractivity contribution in [3.63, 3.8) is 0 Å². The van der Waals surface area contributed by atoms with Gasteiger partial charge >= 0.3 is 0 Å². The van der Waals surface area contributed by atoms with Crippen molar-refractivity contribution in [3.05, 3.63) is 88.2 Å². The van der Waals surface area contributed by atoms with E-state index in [1.54, 1.807) is 0 Å². The van der Waals surface area contributed by atoms with Crippen molar-refractivity contribution < 1.29 is 0 Å². The molecule has 3 heteroatoms. The molecule has 0 radical (unpaired) electrons. The second kappa shape index (κ2) is 6.95. The molecule has 0 fully saturated rings. The maximum atomic E-state index is 5.94. The lowest BCUT2D eigenvalue weighted by atomic mass is 10.0. The van der Waals surface area contributed by atoms with E-state index in [4.69, 9.17) is 23.2 Å². The first-order valence-corrected chi connectivity index (χ1v) is 7.91. The molecule has 0 aliphatic rings. The summed E-state index contributed by atoms with van der Waals surface area (Å²) in [5.41, 5.74) is 4.67. The summed E-state index contributed by atoms with van der Waals surface area (Å²) in [6.07, 6.45) is 3.72. The van der Waals surface area contributed by atoms with Crippen LogP contribution >= 0.6 is 23.2 Å². The molecule has 110 valence electrons. The van der Waals surface area contributed by atoms with Crippen LogP contribution in [0.1, 0.15) is 11.3 Å². The molecular formula is C19H15Cl2N. The van der Waals surface area contributed by atoms with Crippen molar-refractivity contribution in [2.24, 2.45) is 0 Å². The summed E-state index contributed by atoms with van der Waals surface area (Å²) in [6.45, 7) is 0. The average Bonchev–Trinajstić information content (AvgIpc) is 2.55. The fourth-order valence-corrected chi connectivity index (χ4v) is 2.61. The number of halogens is 2. The summed E-state index contributed by atoms with van der Waals surface area (Å²) >= 11 is 11.8. The number of aromatic nitrogens is 1. The van der Waals surface area contributed by atoms with Crippen LogP contribution in [0.4, 0.5) is 0 Å². The smallest absolute Gasteiger partial charge is 0.0413 e. The molecule has 3 rings (SSSR count). The van der Waals surface area contributed by atoms with Crippen LogP contribution in [0.15, 0.2) is 66.9 Å². The maximum absolute atomic E-state index is 5.94. The molecule has 22 heavy (non-hydrogen) atoms. The third-order valence-electron chi connectivity index (χ3n) is 3.58. The SMILES string of the molecule is Clc1ccc(CCc2cc(-c3ccc(Cl)cc3)ccn2)cc1. The summed E-state index contributed by atoms with van der Waals surface area (Å²) < 4.78 is 0. The second-order valence-corrected chi connectivity index (χ2v) is 6.04. The van der Waals surface area contributed by atoms with Gasteiger partial charge in [-0.15, -0.1) is 0 Å². The summed E-state index contributed by atoms with van der Waals surface area (Å²) in [4.78, 5) is 4.46. The molecule has 0 N–H and O–H groups in total. The third-order valence-corrected chi connectivity index (χ3v) is 4.08. The molecule has 0 amide bonds. The first-order valence-electron chi connectivity index (χ1n) is 7.16. The Morgan fingerprint density at radius 2 is 1.32 bits per heavy atom. The molecule has 0 bridgehead atoms. The first kappa shape index (κ1) is 15.1. The molecule has 1 aromatic heterocycles. The number of rotatable bonds is 4. The van der Waals surface area contributed by atoms with E-state index in [9.17, 15) is 0 Å². The Morgan fingerprint density at radius 3 is 2.00 bits per heavy atom. The van der Waals surface area contributed by atoms with E-state index in [1.165, 1.54) is 5.56 Å². The van der Waals surface area contributed by atoms with Crippen LogP contribution in [0.5, 0.6) is 0 Å². The second-order valence-electron chi connectivity index (χ2n) is 5.17. The van der Waals surface area contributed by atoms with Crippen LogP contribution in [0, 0.1) is 0 Å². The minimum atomic E-state index is 0.751. The van der Waals surface area contributed by atoms with Crippen molar-refractivity contribution in [1.29, 1.82) is 0 Å². The van der Waals surface area contributed by atoms with Crippen LogP contribution in [-0.2, 0) is 12.8 Å². The van der Waals surface area contributed by atoms with Gasteiger partial charge < -0.3 is 0 Å². The van der Waals surface area contributed by atoms with Gasteiger partial charge in [0.15, 0.2) is 0 Å². The molecule has 0 saturated heterocycles. The highest BCUT2D eigenvalue weighted by atomic mass is 35.5. The first-order chi connectivity index (χ1) is 10.7. The number of hydrogen-bond donors (Lipinski definition) is 0. The standard InChI is InChI=1S/C19H15Cl2N/c20-17-6-1-14(2-7-17)3-10-19-13-16(11-12-22-19)15-4-8-18(21)9-5-15/h1-2,4-9,11-13H,3,10H2. The zero-order chi connectivity index (χ0) is 15.4. The van der Waals surface area contributed by atoms with E-state index < -0.39 is 0 Å². The quantitative estimate of drug-likeness (QED) is 0.586. The molecule has 0 saturated carbocycles. The van der Waals surface area contributed by atoms with Gasteiger partial charge in [-0.2, -0.15) is 0 Å². The minimum Gasteiger partial charge on any atom is -0.261 e. The lowest BCUT2D eigenvalue weighted by Gasteiger charge is -2.06. The predicted octanol–water partition coefficient (Wildman–Crippen LogP) is 5.84. The van der Waals surface area contributed by atoms with Gasteiger partial charge in [0.25, 0.3) is 0 Å². The van der Waals surface area contributed by atoms with Gasteiger partial charge in [-0.05, 0) is 65.9 Å². The van der Waals surface area contributed by atoms with Gasteiger partial charge in [0.1, 0.15) is 0 Å². The lowest BCUT2D eigenvalue weighted by Crippen LogP contribution is -1.94. The Labute approximate surface area is 140 Å². The van der Waals surface area contributed by atoms with Crippen molar-refractivity contribution in [1.82, 2.24) is 4.98 Å². The van der Waals surface area contributed by atoms with Crippen molar-refractivity contribution in [2.75, 3.05) is 0 Å². The number of nitrogens with zero attached hydrogens (tertiary/aromatic N) is 1. The average molecular weight is 328 g/mol. The van der Waals surface area contributed by atoms with Crippen LogP contribution in [0.25, 0.3) is 11.1 Å². The molecule has 2 aromatic carbocycles. The highest BCUT2D eigenvalue weighted by Crippen LogP contribution is 2.22. The van der Waals surface area contributed by atoms with E-state index >= 15 is 0 Å². The molecule has 0 aliphatic heterocycles. The van der Waals surface area contributed by atoms with Crippen LogP contribution in [0.2, 0.25) is 10.0 Å². The predicted molar refractivity (Wildman–Crippen MR) is 93.5 cm³/mol. The third kappa shape index (κ3) is 3.88. The van der Waals surface area contributed by atoms with Crippen LogP contribution in [0.3, 0.4) is 0 Å². The maximum Gasteiger partial charge on any atom is 0.0413 e. The summed E-state index contributed by atoms with van der Waals surface area (Å²) in [5.74, 6) is 0. The highest BCUT2D eigenvalue weighted by Gasteiger charge is 2.02. The zero-order valence-corrected chi connectivity index (χ0v) is 13.5. The van der Waals surface area contributed by atoms with E-state index in [1.807, 2.05) is 48.7 Å². The molecule has 1 heterocycles. The van der Waals surface area contributed by atoms with Crippen LogP contribution in [-0.4, -0.2) is 4.98 Å². The van der Waals surface area contributed by atoms with E-state index in [-0.39, 0.29) is 0 Å². The lowest BCUT2D eigenvalue weighted by molar-refractivity contribution is 0.914. The Morgan fingerprint density at radius 1 is 0.682 bits per heavy atom. The van der Waals surface area contributed by atoms with Crippen molar-refractivity contribution in [3.8, 4) is 11.1 Å². The van der Waals surface area contributed by atoms with Crippen molar-refractivity contribution >= 4 is 23.2 Å². The number of hydrogen-bond acceptors (Lipinski definition) is 1. The highest BCUT2D eigenvalue weighted by molar-refractivity contribution is 6.30. The van der Waals surface area contributed by atoms with Gasteiger partial charge in [0.05, 0.1) is 0 Å². The summed E-state index contributed by atoms with van der Waals surface area (Å²) in [6, 6.07) is 20.0. The van der Waals surface area contributed by atoms with Gasteiger partial charge in [0.2, 0.25) is 0 Å². The molecule has 0 atom stereocenters. The number of aryl methyl sites for hydroxylation is 2. The largest absolute Gasteiger partial charge is 0.261 e. The summed E-state index contributed by atoms with van der Waals surface area (Å²) in [5, 5.41) is 1.52. The monoisotopic (exact) mass is 327 g/mol. The Kier molecular flexibility index (Phi) is 4.77. The normalized spacial score (nSPS) is 10.6. The number of benzene rings is 2. The number of pyridine rings is 1. The Hall–Kier alpha value is -1.83. The van der Waals surface area contributed by atoms with Crippen molar-refractivity contribution in [2.45, 2.75) is 12.8 Å². The van der Waals surface area contributed by atoms with Gasteiger partial charge in [-0.1, -0.05) is 47.5 Å². The Bertz CT molecular complexity index is 749. The molecular weight excluding hydrogens is 313 g/mol. The zero-order valence-electron chi connectivity index (χ0n) is 12.0. The van der Waals surface area contributed by atoms with E-state index in [2.05, 4.69) is 23.2 Å². The Balaban J connectivity index is 1.73. The molecule has 0 spiro atoms. The van der Waals surface area contributed by atoms with E-state index in [0.29, 0.717) is 0 Å². The fourth-order valence-electron chi connectivity index (χ4n) is 2.36. The molecule has 0 unspecified atom stereocenters. The molecule has 0 aliphatic carbocycles. The molecule has 1 nitrogen and oxygen atoms in total. The van der Waals surface area contributed by atoms with Gasteiger partial charge in [0, 0.05) is 21.9 Å². The fraction of sp³-hybridized carbons (Fsp3) is 0.105. The topological polar surface area (TPSA) is 12.9 Å². The molecule has 3 aromatic rings.